The summed E-state index contributed by atoms with van der Waals surface area (Å²) in [5.74, 6) is -0.209. The fourth-order valence-electron chi connectivity index (χ4n) is 2.28. The molecule has 0 heterocycles. The van der Waals surface area contributed by atoms with Gasteiger partial charge in [0.05, 0.1) is 0 Å². The minimum absolute atomic E-state index is 0.229. The standard InChI is InChI=1S/C14H26N2O3/c1-9(2)7-11(12(17)18)16-13(19)15-8-14(5-6-14)10(3)4/h9-11H,5-8H2,1-4H3,(H,17,18)(H2,15,16,19)/t11-/m0/s1. The van der Waals surface area contributed by atoms with Crippen LogP contribution in [0, 0.1) is 17.3 Å². The van der Waals surface area contributed by atoms with Gasteiger partial charge in [0.2, 0.25) is 0 Å². The van der Waals surface area contributed by atoms with E-state index in [1.54, 1.807) is 0 Å². The summed E-state index contributed by atoms with van der Waals surface area (Å²) >= 11 is 0. The molecule has 0 spiro atoms. The van der Waals surface area contributed by atoms with Crippen LogP contribution in [0.2, 0.25) is 0 Å². The number of nitrogens with one attached hydrogen (secondary N) is 2. The smallest absolute Gasteiger partial charge is 0.326 e. The SMILES string of the molecule is CC(C)C[C@H](NC(=O)NCC1(C(C)C)CC1)C(=O)O. The van der Waals surface area contributed by atoms with Crippen molar-refractivity contribution in [1.82, 2.24) is 10.6 Å². The third-order valence-electron chi connectivity index (χ3n) is 4.03. The van der Waals surface area contributed by atoms with Gasteiger partial charge in [-0.25, -0.2) is 9.59 Å². The third kappa shape index (κ3) is 4.73. The van der Waals surface area contributed by atoms with E-state index in [4.69, 9.17) is 5.11 Å². The summed E-state index contributed by atoms with van der Waals surface area (Å²) in [6.07, 6.45) is 2.72. The highest BCUT2D eigenvalue weighted by atomic mass is 16.4. The van der Waals surface area contributed by atoms with Crippen molar-refractivity contribution in [3.05, 3.63) is 0 Å². The van der Waals surface area contributed by atoms with Crippen LogP contribution in [0.4, 0.5) is 4.79 Å². The van der Waals surface area contributed by atoms with Crippen LogP contribution < -0.4 is 10.6 Å². The Labute approximate surface area is 115 Å². The lowest BCUT2D eigenvalue weighted by atomic mass is 9.92. The summed E-state index contributed by atoms with van der Waals surface area (Å²) in [4.78, 5) is 22.8. The topological polar surface area (TPSA) is 78.4 Å². The molecular weight excluding hydrogens is 244 g/mol. The number of carboxylic acids is 1. The normalized spacial score (nSPS) is 18.2. The second-order valence-electron chi connectivity index (χ2n) is 6.36. The van der Waals surface area contributed by atoms with Gasteiger partial charge in [0.15, 0.2) is 0 Å². The van der Waals surface area contributed by atoms with Crippen LogP contribution in [0.3, 0.4) is 0 Å². The Kier molecular flexibility index (Phi) is 5.20. The van der Waals surface area contributed by atoms with Gasteiger partial charge in [0.1, 0.15) is 6.04 Å². The number of aliphatic carboxylic acids is 1. The number of hydrogen-bond donors (Lipinski definition) is 3. The first-order valence-corrected chi connectivity index (χ1v) is 7.04. The molecule has 1 rings (SSSR count). The number of carbonyl (C=O) groups is 2. The zero-order chi connectivity index (χ0) is 14.6. The van der Waals surface area contributed by atoms with E-state index < -0.39 is 12.0 Å². The van der Waals surface area contributed by atoms with Crippen LogP contribution in [-0.4, -0.2) is 29.7 Å². The predicted molar refractivity (Wildman–Crippen MR) is 73.9 cm³/mol. The van der Waals surface area contributed by atoms with E-state index in [0.717, 1.165) is 12.8 Å². The molecule has 1 aliphatic carbocycles. The zero-order valence-electron chi connectivity index (χ0n) is 12.3. The molecule has 0 aliphatic heterocycles. The molecule has 1 atom stereocenters. The molecule has 0 aromatic carbocycles. The highest BCUT2D eigenvalue weighted by molar-refractivity contribution is 5.82. The van der Waals surface area contributed by atoms with E-state index in [-0.39, 0.29) is 17.4 Å². The Hall–Kier alpha value is -1.26. The second kappa shape index (κ2) is 6.26. The fourth-order valence-corrected chi connectivity index (χ4v) is 2.28. The molecule has 19 heavy (non-hydrogen) atoms. The van der Waals surface area contributed by atoms with Gasteiger partial charge in [-0.05, 0) is 36.5 Å². The zero-order valence-corrected chi connectivity index (χ0v) is 12.3. The lowest BCUT2D eigenvalue weighted by molar-refractivity contribution is -0.139. The highest BCUT2D eigenvalue weighted by Crippen LogP contribution is 2.51. The van der Waals surface area contributed by atoms with Crippen LogP contribution >= 0.6 is 0 Å². The van der Waals surface area contributed by atoms with Gasteiger partial charge in [-0.1, -0.05) is 27.7 Å². The number of hydrogen-bond acceptors (Lipinski definition) is 2. The van der Waals surface area contributed by atoms with Crippen LogP contribution in [-0.2, 0) is 4.79 Å². The van der Waals surface area contributed by atoms with Crippen LogP contribution in [0.15, 0.2) is 0 Å². The largest absolute Gasteiger partial charge is 0.480 e. The minimum Gasteiger partial charge on any atom is -0.480 e. The first-order valence-electron chi connectivity index (χ1n) is 7.04. The predicted octanol–water partition coefficient (Wildman–Crippen LogP) is 2.22. The van der Waals surface area contributed by atoms with E-state index >= 15 is 0 Å². The van der Waals surface area contributed by atoms with Crippen molar-refractivity contribution in [1.29, 1.82) is 0 Å². The van der Waals surface area contributed by atoms with Crippen LogP contribution in [0.1, 0.15) is 47.0 Å². The molecule has 0 saturated heterocycles. The summed E-state index contributed by atoms with van der Waals surface area (Å²) in [5.41, 5.74) is 0.230. The Balaban J connectivity index is 2.39. The van der Waals surface area contributed by atoms with Gasteiger partial charge < -0.3 is 15.7 Å². The summed E-state index contributed by atoms with van der Waals surface area (Å²) in [6.45, 7) is 8.82. The van der Waals surface area contributed by atoms with Crippen LogP contribution in [0.5, 0.6) is 0 Å². The van der Waals surface area contributed by atoms with Crippen molar-refractivity contribution < 1.29 is 14.7 Å². The summed E-state index contributed by atoms with van der Waals surface area (Å²) in [7, 11) is 0. The Morgan fingerprint density at radius 3 is 2.16 bits per heavy atom. The molecule has 5 nitrogen and oxygen atoms in total. The van der Waals surface area contributed by atoms with Gasteiger partial charge >= 0.3 is 12.0 Å². The van der Waals surface area contributed by atoms with Gasteiger partial charge in [-0.2, -0.15) is 0 Å². The maximum atomic E-state index is 11.8. The monoisotopic (exact) mass is 270 g/mol. The lowest BCUT2D eigenvalue weighted by Crippen LogP contribution is -2.48. The number of carboxylic acid groups (broad SMARTS) is 1. The molecule has 5 heteroatoms. The highest BCUT2D eigenvalue weighted by Gasteiger charge is 2.45. The summed E-state index contributed by atoms with van der Waals surface area (Å²) < 4.78 is 0. The Morgan fingerprint density at radius 1 is 1.21 bits per heavy atom. The molecule has 1 fully saturated rings. The number of carbonyl (C=O) groups excluding carboxylic acids is 1. The maximum Gasteiger partial charge on any atom is 0.326 e. The fraction of sp³-hybridized carbons (Fsp3) is 0.857. The molecule has 1 saturated carbocycles. The van der Waals surface area contributed by atoms with Gasteiger partial charge in [-0.15, -0.1) is 0 Å². The van der Waals surface area contributed by atoms with E-state index in [2.05, 4.69) is 24.5 Å². The molecular formula is C14H26N2O3. The van der Waals surface area contributed by atoms with Crippen molar-refractivity contribution in [2.75, 3.05) is 6.54 Å². The number of urea groups is 1. The molecule has 0 aromatic rings. The molecule has 110 valence electrons. The van der Waals surface area contributed by atoms with E-state index in [1.165, 1.54) is 0 Å². The van der Waals surface area contributed by atoms with E-state index in [1.807, 2.05) is 13.8 Å². The van der Waals surface area contributed by atoms with Crippen molar-refractivity contribution in [3.63, 3.8) is 0 Å². The molecule has 3 N–H and O–H groups in total. The first-order chi connectivity index (χ1) is 8.77. The minimum atomic E-state index is -0.978. The molecule has 1 aliphatic rings. The van der Waals surface area contributed by atoms with E-state index in [9.17, 15) is 9.59 Å². The first kappa shape index (κ1) is 15.8. The summed E-state index contributed by atoms with van der Waals surface area (Å²) in [6, 6.07) is -1.19. The molecule has 0 aromatic heterocycles. The van der Waals surface area contributed by atoms with Crippen molar-refractivity contribution >= 4 is 12.0 Å². The average molecular weight is 270 g/mol. The van der Waals surface area contributed by atoms with Crippen molar-refractivity contribution in [2.24, 2.45) is 17.3 Å². The van der Waals surface area contributed by atoms with Gasteiger partial charge in [0.25, 0.3) is 0 Å². The molecule has 0 bridgehead atoms. The second-order valence-corrected chi connectivity index (χ2v) is 6.36. The Morgan fingerprint density at radius 2 is 1.79 bits per heavy atom. The number of rotatable bonds is 7. The molecule has 0 radical (unpaired) electrons. The van der Waals surface area contributed by atoms with Gasteiger partial charge in [0, 0.05) is 6.54 Å². The van der Waals surface area contributed by atoms with Crippen molar-refractivity contribution in [3.8, 4) is 0 Å². The summed E-state index contributed by atoms with van der Waals surface area (Å²) in [5, 5.41) is 14.4. The van der Waals surface area contributed by atoms with Crippen molar-refractivity contribution in [2.45, 2.75) is 53.0 Å². The Bertz CT molecular complexity index is 336. The quantitative estimate of drug-likeness (QED) is 0.663. The lowest BCUT2D eigenvalue weighted by Gasteiger charge is -2.22. The number of amides is 2. The molecule has 0 unspecified atom stereocenters. The maximum absolute atomic E-state index is 11.8. The van der Waals surface area contributed by atoms with E-state index in [0.29, 0.717) is 18.9 Å². The third-order valence-corrected chi connectivity index (χ3v) is 4.03. The molecule has 2 amide bonds. The van der Waals surface area contributed by atoms with Gasteiger partial charge in [-0.3, -0.25) is 0 Å². The average Bonchev–Trinajstić information content (AvgIpc) is 3.05. The van der Waals surface area contributed by atoms with Crippen LogP contribution in [0.25, 0.3) is 0 Å².